The van der Waals surface area contributed by atoms with E-state index < -0.39 is 22.0 Å². The number of sulfonamides is 1. The van der Waals surface area contributed by atoms with Crippen molar-refractivity contribution in [3.63, 3.8) is 0 Å². The van der Waals surface area contributed by atoms with Crippen LogP contribution in [0.1, 0.15) is 49.4 Å². The van der Waals surface area contributed by atoms with E-state index in [-0.39, 0.29) is 24.9 Å². The van der Waals surface area contributed by atoms with Crippen molar-refractivity contribution in [2.75, 3.05) is 23.7 Å². The van der Waals surface area contributed by atoms with Gasteiger partial charge in [-0.1, -0.05) is 62.7 Å². The molecule has 2 aromatic rings. The molecule has 0 radical (unpaired) electrons. The summed E-state index contributed by atoms with van der Waals surface area (Å²) < 4.78 is 26.7. The molecule has 0 bridgehead atoms. The van der Waals surface area contributed by atoms with E-state index in [4.69, 9.17) is 0 Å². The Hall–Kier alpha value is -2.87. The van der Waals surface area contributed by atoms with Gasteiger partial charge in [0.15, 0.2) is 0 Å². The summed E-state index contributed by atoms with van der Waals surface area (Å²) in [5.74, 6) is -0.398. The summed E-state index contributed by atoms with van der Waals surface area (Å²) in [6, 6.07) is 12.5. The molecule has 0 aliphatic carbocycles. The molecule has 8 heteroatoms. The first kappa shape index (κ1) is 28.4. The summed E-state index contributed by atoms with van der Waals surface area (Å²) in [6.07, 6.45) is 1.50. The highest BCUT2D eigenvalue weighted by atomic mass is 32.2. The van der Waals surface area contributed by atoms with Gasteiger partial charge in [0.05, 0.1) is 11.9 Å². The molecule has 0 aromatic heterocycles. The van der Waals surface area contributed by atoms with E-state index in [1.165, 1.54) is 4.90 Å². The van der Waals surface area contributed by atoms with Gasteiger partial charge in [-0.3, -0.25) is 13.9 Å². The van der Waals surface area contributed by atoms with Crippen molar-refractivity contribution in [3.05, 3.63) is 64.7 Å². The van der Waals surface area contributed by atoms with E-state index in [2.05, 4.69) is 5.32 Å². The van der Waals surface area contributed by atoms with E-state index >= 15 is 0 Å². The lowest BCUT2D eigenvalue weighted by Gasteiger charge is -2.33. The lowest BCUT2D eigenvalue weighted by atomic mass is 10.1. The zero-order chi connectivity index (χ0) is 26.3. The number of rotatable bonds is 11. The fraction of sp³-hybridized carbons (Fsp3) is 0.481. The SMILES string of the molecule is CC[C@@H](C(=O)NCC(C)C)N(Cc1ccc(C)cc1)C(=O)CN(c1cc(C)ccc1C)S(C)(=O)=O. The average molecular weight is 502 g/mol. The number of hydrogen-bond acceptors (Lipinski definition) is 4. The minimum atomic E-state index is -3.75. The maximum Gasteiger partial charge on any atom is 0.244 e. The van der Waals surface area contributed by atoms with Crippen molar-refractivity contribution >= 4 is 27.5 Å². The first-order valence-electron chi connectivity index (χ1n) is 12.0. The quantitative estimate of drug-likeness (QED) is 0.505. The van der Waals surface area contributed by atoms with Gasteiger partial charge in [0, 0.05) is 13.1 Å². The molecular weight excluding hydrogens is 462 g/mol. The van der Waals surface area contributed by atoms with Crippen LogP contribution in [0.2, 0.25) is 0 Å². The normalized spacial score (nSPS) is 12.3. The number of anilines is 1. The number of nitrogens with one attached hydrogen (secondary N) is 1. The molecule has 1 atom stereocenters. The van der Waals surface area contributed by atoms with Crippen molar-refractivity contribution < 1.29 is 18.0 Å². The molecule has 7 nitrogen and oxygen atoms in total. The molecule has 1 N–H and O–H groups in total. The minimum absolute atomic E-state index is 0.205. The van der Waals surface area contributed by atoms with Gasteiger partial charge in [0.1, 0.15) is 12.6 Å². The summed E-state index contributed by atoms with van der Waals surface area (Å²) in [5.41, 5.74) is 4.07. The van der Waals surface area contributed by atoms with Crippen LogP contribution in [0, 0.1) is 26.7 Å². The van der Waals surface area contributed by atoms with Crippen LogP contribution in [0.3, 0.4) is 0 Å². The van der Waals surface area contributed by atoms with E-state index in [0.717, 1.165) is 32.8 Å². The molecular formula is C27H39N3O4S. The predicted octanol–water partition coefficient (Wildman–Crippen LogP) is 3.96. The summed E-state index contributed by atoms with van der Waals surface area (Å²) in [7, 11) is -3.75. The molecule has 192 valence electrons. The van der Waals surface area contributed by atoms with Crippen LogP contribution >= 0.6 is 0 Å². The Balaban J connectivity index is 2.45. The Kier molecular flexibility index (Phi) is 9.89. The summed E-state index contributed by atoms with van der Waals surface area (Å²) in [5, 5.41) is 2.93. The van der Waals surface area contributed by atoms with Gasteiger partial charge in [-0.05, 0) is 55.9 Å². The van der Waals surface area contributed by atoms with E-state index in [0.29, 0.717) is 18.7 Å². The second kappa shape index (κ2) is 12.2. The van der Waals surface area contributed by atoms with E-state index in [9.17, 15) is 18.0 Å². The second-order valence-electron chi connectivity index (χ2n) is 9.63. The van der Waals surface area contributed by atoms with Gasteiger partial charge in [-0.15, -0.1) is 0 Å². The largest absolute Gasteiger partial charge is 0.354 e. The highest BCUT2D eigenvalue weighted by Crippen LogP contribution is 2.25. The van der Waals surface area contributed by atoms with Crippen LogP contribution in [0.25, 0.3) is 0 Å². The Morgan fingerprint density at radius 1 is 0.971 bits per heavy atom. The second-order valence-corrected chi connectivity index (χ2v) is 11.5. The van der Waals surface area contributed by atoms with Crippen molar-refractivity contribution in [2.45, 2.75) is 60.5 Å². The van der Waals surface area contributed by atoms with Crippen LogP contribution in [0.4, 0.5) is 5.69 Å². The van der Waals surface area contributed by atoms with Crippen LogP contribution in [0.15, 0.2) is 42.5 Å². The third kappa shape index (κ3) is 8.09. The molecule has 35 heavy (non-hydrogen) atoms. The Morgan fingerprint density at radius 3 is 2.11 bits per heavy atom. The number of amides is 2. The molecule has 0 fully saturated rings. The summed E-state index contributed by atoms with van der Waals surface area (Å²) in [4.78, 5) is 28.3. The highest BCUT2D eigenvalue weighted by molar-refractivity contribution is 7.92. The zero-order valence-corrected chi connectivity index (χ0v) is 22.8. The minimum Gasteiger partial charge on any atom is -0.354 e. The monoisotopic (exact) mass is 501 g/mol. The maximum absolute atomic E-state index is 13.7. The Labute approximate surface area is 210 Å². The molecule has 0 heterocycles. The molecule has 0 saturated carbocycles. The maximum atomic E-state index is 13.7. The highest BCUT2D eigenvalue weighted by Gasteiger charge is 2.32. The molecule has 0 aliphatic rings. The molecule has 0 spiro atoms. The van der Waals surface area contributed by atoms with Gasteiger partial charge in [0.2, 0.25) is 21.8 Å². The topological polar surface area (TPSA) is 86.8 Å². The standard InChI is InChI=1S/C27H39N3O4S/c1-8-24(27(32)28-16-19(2)3)29(17-23-13-10-20(4)11-14-23)26(31)18-30(35(7,33)34)25-15-21(5)9-12-22(25)6/h9-15,19,24H,8,16-18H2,1-7H3,(H,28,32)/t24-/m0/s1. The molecule has 2 amide bonds. The van der Waals surface area contributed by atoms with Crippen molar-refractivity contribution in [3.8, 4) is 0 Å². The van der Waals surface area contributed by atoms with Crippen LogP contribution in [-0.2, 0) is 26.2 Å². The summed E-state index contributed by atoms with van der Waals surface area (Å²) in [6.45, 7) is 11.9. The third-order valence-electron chi connectivity index (χ3n) is 5.86. The third-order valence-corrected chi connectivity index (χ3v) is 6.98. The van der Waals surface area contributed by atoms with Crippen LogP contribution in [-0.4, -0.2) is 50.5 Å². The van der Waals surface area contributed by atoms with Gasteiger partial charge >= 0.3 is 0 Å². The first-order chi connectivity index (χ1) is 16.3. The molecule has 0 aliphatic heterocycles. The van der Waals surface area contributed by atoms with Crippen LogP contribution < -0.4 is 9.62 Å². The smallest absolute Gasteiger partial charge is 0.244 e. The van der Waals surface area contributed by atoms with Crippen molar-refractivity contribution in [1.82, 2.24) is 10.2 Å². The predicted molar refractivity (Wildman–Crippen MR) is 142 cm³/mol. The fourth-order valence-electron chi connectivity index (χ4n) is 3.82. The first-order valence-corrected chi connectivity index (χ1v) is 13.9. The number of nitrogens with zero attached hydrogens (tertiary/aromatic N) is 2. The number of carbonyl (C=O) groups excluding carboxylic acids is 2. The number of aryl methyl sites for hydroxylation is 3. The Bertz CT molecular complexity index is 1130. The van der Waals surface area contributed by atoms with E-state index in [1.807, 2.05) is 77.9 Å². The van der Waals surface area contributed by atoms with Gasteiger partial charge < -0.3 is 10.2 Å². The lowest BCUT2D eigenvalue weighted by molar-refractivity contribution is -0.140. The zero-order valence-electron chi connectivity index (χ0n) is 22.0. The van der Waals surface area contributed by atoms with E-state index in [1.54, 1.807) is 6.07 Å². The van der Waals surface area contributed by atoms with Gasteiger partial charge in [-0.2, -0.15) is 0 Å². The summed E-state index contributed by atoms with van der Waals surface area (Å²) >= 11 is 0. The molecule has 0 unspecified atom stereocenters. The number of benzene rings is 2. The lowest BCUT2D eigenvalue weighted by Crippen LogP contribution is -2.52. The molecule has 2 rings (SSSR count). The average Bonchev–Trinajstić information content (AvgIpc) is 2.78. The van der Waals surface area contributed by atoms with Crippen molar-refractivity contribution in [2.24, 2.45) is 5.92 Å². The number of hydrogen-bond donors (Lipinski definition) is 1. The fourth-order valence-corrected chi connectivity index (χ4v) is 4.71. The Morgan fingerprint density at radius 2 is 1.57 bits per heavy atom. The number of carbonyl (C=O) groups is 2. The molecule has 0 saturated heterocycles. The van der Waals surface area contributed by atoms with Gasteiger partial charge in [-0.25, -0.2) is 8.42 Å². The van der Waals surface area contributed by atoms with Crippen LogP contribution in [0.5, 0.6) is 0 Å². The molecule has 2 aromatic carbocycles. The van der Waals surface area contributed by atoms with Gasteiger partial charge in [0.25, 0.3) is 0 Å². The van der Waals surface area contributed by atoms with Crippen molar-refractivity contribution in [1.29, 1.82) is 0 Å².